The fraction of sp³-hybridized carbons (Fsp3) is 0.462. The van der Waals surface area contributed by atoms with Crippen LogP contribution in [0.2, 0.25) is 0 Å². The zero-order valence-corrected chi connectivity index (χ0v) is 9.23. The van der Waals surface area contributed by atoms with Gasteiger partial charge in [0.15, 0.2) is 0 Å². The number of rotatable bonds is 2. The lowest BCUT2D eigenvalue weighted by atomic mass is 10.1. The van der Waals surface area contributed by atoms with Crippen molar-refractivity contribution in [2.24, 2.45) is 4.99 Å². The van der Waals surface area contributed by atoms with Crippen LogP contribution < -0.4 is 5.32 Å². The van der Waals surface area contributed by atoms with Gasteiger partial charge in [0, 0.05) is 0 Å². The van der Waals surface area contributed by atoms with Gasteiger partial charge in [-0.25, -0.2) is 4.99 Å². The van der Waals surface area contributed by atoms with E-state index in [1.807, 2.05) is 18.2 Å². The fourth-order valence-corrected chi connectivity index (χ4v) is 2.32. The van der Waals surface area contributed by atoms with Crippen molar-refractivity contribution in [1.82, 2.24) is 5.32 Å². The van der Waals surface area contributed by atoms with E-state index in [0.29, 0.717) is 6.04 Å². The second-order valence-electron chi connectivity index (χ2n) is 4.35. The van der Waals surface area contributed by atoms with Gasteiger partial charge < -0.3 is 10.1 Å². The third-order valence-corrected chi connectivity index (χ3v) is 3.21. The first-order valence-corrected chi connectivity index (χ1v) is 5.93. The smallest absolute Gasteiger partial charge is 0.201 e. The first-order chi connectivity index (χ1) is 7.93. The molecule has 2 atom stereocenters. The summed E-state index contributed by atoms with van der Waals surface area (Å²) < 4.78 is 5.92. The number of nitrogens with one attached hydrogen (secondary N) is 1. The van der Waals surface area contributed by atoms with Crippen LogP contribution in [0.3, 0.4) is 0 Å². The van der Waals surface area contributed by atoms with Crippen molar-refractivity contribution in [3.63, 3.8) is 0 Å². The Labute approximate surface area is 95.5 Å². The molecule has 0 aromatic heterocycles. The minimum Gasteiger partial charge on any atom is -0.470 e. The molecule has 0 bridgehead atoms. The number of nitrogens with zero attached hydrogens (tertiary/aromatic N) is 1. The maximum absolute atomic E-state index is 5.92. The zero-order chi connectivity index (χ0) is 10.8. The lowest BCUT2D eigenvalue weighted by molar-refractivity contribution is 0.219. The van der Waals surface area contributed by atoms with E-state index >= 15 is 0 Å². The van der Waals surface area contributed by atoms with Crippen LogP contribution in [-0.4, -0.2) is 25.0 Å². The highest BCUT2D eigenvalue weighted by atomic mass is 16.5. The summed E-state index contributed by atoms with van der Waals surface area (Å²) in [6, 6.07) is 10.7. The summed E-state index contributed by atoms with van der Waals surface area (Å²) in [5.74, 6) is 0.909. The van der Waals surface area contributed by atoms with Gasteiger partial charge in [-0.3, -0.25) is 0 Å². The van der Waals surface area contributed by atoms with Gasteiger partial charge in [0.1, 0.15) is 6.10 Å². The van der Waals surface area contributed by atoms with Crippen LogP contribution in [-0.2, 0) is 4.74 Å². The van der Waals surface area contributed by atoms with Crippen LogP contribution in [0, 0.1) is 0 Å². The van der Waals surface area contributed by atoms with Gasteiger partial charge in [0.2, 0.25) is 5.90 Å². The number of benzene rings is 1. The molecule has 0 spiro atoms. The van der Waals surface area contributed by atoms with E-state index in [1.165, 1.54) is 12.0 Å². The van der Waals surface area contributed by atoms with E-state index in [0.717, 1.165) is 25.4 Å². The highest BCUT2D eigenvalue weighted by Gasteiger charge is 2.29. The van der Waals surface area contributed by atoms with E-state index in [4.69, 9.17) is 4.74 Å². The number of aliphatic imine (C=N–C) groups is 1. The molecule has 0 aliphatic carbocycles. The molecular weight excluding hydrogens is 200 g/mol. The minimum atomic E-state index is 0.124. The molecule has 1 aromatic rings. The molecule has 2 unspecified atom stereocenters. The predicted octanol–water partition coefficient (Wildman–Crippen LogP) is 1.91. The Balaban J connectivity index is 1.67. The summed E-state index contributed by atoms with van der Waals surface area (Å²) in [6.45, 7) is 1.85. The van der Waals surface area contributed by atoms with Crippen molar-refractivity contribution in [3.8, 4) is 0 Å². The van der Waals surface area contributed by atoms with Crippen molar-refractivity contribution in [2.75, 3.05) is 13.1 Å². The highest BCUT2D eigenvalue weighted by Crippen LogP contribution is 2.25. The number of ether oxygens (including phenoxy) is 1. The zero-order valence-electron chi connectivity index (χ0n) is 9.23. The molecular formula is C13H16N2O. The van der Waals surface area contributed by atoms with Gasteiger partial charge in [-0.15, -0.1) is 0 Å². The Morgan fingerprint density at radius 1 is 1.25 bits per heavy atom. The van der Waals surface area contributed by atoms with E-state index in [1.54, 1.807) is 0 Å². The quantitative estimate of drug-likeness (QED) is 0.819. The highest BCUT2D eigenvalue weighted by molar-refractivity contribution is 5.83. The molecule has 0 saturated carbocycles. The summed E-state index contributed by atoms with van der Waals surface area (Å²) in [5.41, 5.74) is 1.22. The topological polar surface area (TPSA) is 33.6 Å². The molecule has 0 amide bonds. The van der Waals surface area contributed by atoms with E-state index in [9.17, 15) is 0 Å². The number of hydrogen-bond donors (Lipinski definition) is 1. The summed E-state index contributed by atoms with van der Waals surface area (Å²) in [5, 5.41) is 3.41. The standard InChI is InChI=1S/C13H16N2O/c1-2-5-10(6-3-1)12-9-15-13(16-12)11-7-4-8-14-11/h1-3,5-6,11-12,14H,4,7-9H2. The summed E-state index contributed by atoms with van der Waals surface area (Å²) >= 11 is 0. The van der Waals surface area contributed by atoms with Crippen LogP contribution >= 0.6 is 0 Å². The SMILES string of the molecule is c1ccc(C2CN=C(C3CCCN3)O2)cc1. The lowest BCUT2D eigenvalue weighted by Crippen LogP contribution is -2.31. The summed E-state index contributed by atoms with van der Waals surface area (Å²) in [4.78, 5) is 4.51. The van der Waals surface area contributed by atoms with Crippen LogP contribution in [0.1, 0.15) is 24.5 Å². The summed E-state index contributed by atoms with van der Waals surface area (Å²) in [6.07, 6.45) is 2.50. The fourth-order valence-electron chi connectivity index (χ4n) is 2.32. The van der Waals surface area contributed by atoms with Gasteiger partial charge in [0.25, 0.3) is 0 Å². The Morgan fingerprint density at radius 2 is 2.12 bits per heavy atom. The van der Waals surface area contributed by atoms with Gasteiger partial charge >= 0.3 is 0 Å². The normalized spacial score (nSPS) is 28.9. The average molecular weight is 216 g/mol. The molecule has 1 aromatic carbocycles. The van der Waals surface area contributed by atoms with Gasteiger partial charge in [-0.2, -0.15) is 0 Å². The van der Waals surface area contributed by atoms with E-state index < -0.39 is 0 Å². The van der Waals surface area contributed by atoms with Crippen LogP contribution in [0.15, 0.2) is 35.3 Å². The monoisotopic (exact) mass is 216 g/mol. The van der Waals surface area contributed by atoms with Gasteiger partial charge in [-0.05, 0) is 24.9 Å². The molecule has 2 aliphatic rings. The predicted molar refractivity (Wildman–Crippen MR) is 63.6 cm³/mol. The molecule has 16 heavy (non-hydrogen) atoms. The first-order valence-electron chi connectivity index (χ1n) is 5.93. The molecule has 2 aliphatic heterocycles. The van der Waals surface area contributed by atoms with E-state index in [-0.39, 0.29) is 6.10 Å². The average Bonchev–Trinajstić information content (AvgIpc) is 3.01. The maximum atomic E-state index is 5.92. The molecule has 1 N–H and O–H groups in total. The molecule has 2 heterocycles. The Morgan fingerprint density at radius 3 is 2.88 bits per heavy atom. The van der Waals surface area contributed by atoms with Gasteiger partial charge in [0.05, 0.1) is 12.6 Å². The Hall–Kier alpha value is -1.35. The third kappa shape index (κ3) is 1.83. The van der Waals surface area contributed by atoms with Crippen LogP contribution in [0.4, 0.5) is 0 Å². The molecule has 0 radical (unpaired) electrons. The minimum absolute atomic E-state index is 0.124. The lowest BCUT2D eigenvalue weighted by Gasteiger charge is -2.14. The van der Waals surface area contributed by atoms with Gasteiger partial charge in [-0.1, -0.05) is 30.3 Å². The van der Waals surface area contributed by atoms with Crippen molar-refractivity contribution in [2.45, 2.75) is 25.0 Å². The summed E-state index contributed by atoms with van der Waals surface area (Å²) in [7, 11) is 0. The van der Waals surface area contributed by atoms with Crippen molar-refractivity contribution in [3.05, 3.63) is 35.9 Å². The molecule has 3 heteroatoms. The second-order valence-corrected chi connectivity index (χ2v) is 4.35. The van der Waals surface area contributed by atoms with Crippen molar-refractivity contribution in [1.29, 1.82) is 0 Å². The number of hydrogen-bond acceptors (Lipinski definition) is 3. The molecule has 3 rings (SSSR count). The molecule has 1 saturated heterocycles. The van der Waals surface area contributed by atoms with Crippen LogP contribution in [0.25, 0.3) is 0 Å². The molecule has 1 fully saturated rings. The Bertz CT molecular complexity index is 382. The van der Waals surface area contributed by atoms with Crippen molar-refractivity contribution < 1.29 is 4.74 Å². The van der Waals surface area contributed by atoms with Crippen molar-refractivity contribution >= 4 is 5.90 Å². The largest absolute Gasteiger partial charge is 0.470 e. The second kappa shape index (κ2) is 4.26. The first kappa shape index (κ1) is 9.85. The van der Waals surface area contributed by atoms with Crippen LogP contribution in [0.5, 0.6) is 0 Å². The van der Waals surface area contributed by atoms with E-state index in [2.05, 4.69) is 22.4 Å². The maximum Gasteiger partial charge on any atom is 0.201 e. The third-order valence-electron chi connectivity index (χ3n) is 3.21. The molecule has 3 nitrogen and oxygen atoms in total. The Kier molecular flexibility index (Phi) is 2.62. The molecule has 84 valence electrons.